The van der Waals surface area contributed by atoms with Crippen LogP contribution in [0.2, 0.25) is 0 Å². The Kier molecular flexibility index (Phi) is 8.32. The molecule has 0 bridgehead atoms. The Bertz CT molecular complexity index is 522. The number of carboxylic acids is 1. The van der Waals surface area contributed by atoms with Crippen LogP contribution in [-0.4, -0.2) is 52.2 Å². The van der Waals surface area contributed by atoms with E-state index in [1.165, 1.54) is 5.75 Å². The fourth-order valence-electron chi connectivity index (χ4n) is 2.52. The summed E-state index contributed by atoms with van der Waals surface area (Å²) in [4.78, 5) is 23.0. The van der Waals surface area contributed by atoms with Gasteiger partial charge in [-0.2, -0.15) is 23.5 Å². The number of benzene rings is 1. The van der Waals surface area contributed by atoms with Crippen LogP contribution in [0.25, 0.3) is 0 Å². The predicted molar refractivity (Wildman–Crippen MR) is 101 cm³/mol. The molecule has 2 unspecified atom stereocenters. The van der Waals surface area contributed by atoms with E-state index in [9.17, 15) is 9.59 Å². The highest BCUT2D eigenvalue weighted by Crippen LogP contribution is 2.23. The van der Waals surface area contributed by atoms with Gasteiger partial charge in [-0.3, -0.25) is 4.79 Å². The minimum atomic E-state index is -0.842. The van der Waals surface area contributed by atoms with Crippen molar-refractivity contribution in [3.63, 3.8) is 0 Å². The molecular formula is C17H24N2O3S2. The zero-order valence-corrected chi connectivity index (χ0v) is 15.2. The van der Waals surface area contributed by atoms with Gasteiger partial charge in [0.05, 0.1) is 0 Å². The number of carbonyl (C=O) groups is 2. The molecule has 7 heteroatoms. The Hall–Kier alpha value is -1.34. The van der Waals surface area contributed by atoms with Crippen molar-refractivity contribution in [2.24, 2.45) is 0 Å². The first kappa shape index (κ1) is 19.0. The first-order chi connectivity index (χ1) is 11.6. The van der Waals surface area contributed by atoms with E-state index in [4.69, 9.17) is 5.11 Å². The number of hydrogen-bond acceptors (Lipinski definition) is 4. The minimum Gasteiger partial charge on any atom is -0.481 e. The second-order valence-electron chi connectivity index (χ2n) is 5.74. The molecule has 2 rings (SSSR count). The van der Waals surface area contributed by atoms with Gasteiger partial charge in [0.2, 0.25) is 0 Å². The maximum absolute atomic E-state index is 12.1. The van der Waals surface area contributed by atoms with E-state index in [1.54, 1.807) is 0 Å². The van der Waals surface area contributed by atoms with Crippen molar-refractivity contribution in [1.29, 1.82) is 0 Å². The van der Waals surface area contributed by atoms with Gasteiger partial charge in [0.1, 0.15) is 0 Å². The quantitative estimate of drug-likeness (QED) is 0.657. The highest BCUT2D eigenvalue weighted by molar-refractivity contribution is 8.06. The molecule has 0 spiro atoms. The molecule has 2 amide bonds. The van der Waals surface area contributed by atoms with Crippen LogP contribution in [0.15, 0.2) is 30.3 Å². The maximum atomic E-state index is 12.1. The molecule has 0 saturated carbocycles. The number of hydrogen-bond donors (Lipinski definition) is 3. The van der Waals surface area contributed by atoms with E-state index in [0.29, 0.717) is 24.6 Å². The summed E-state index contributed by atoms with van der Waals surface area (Å²) in [6.07, 6.45) is 1.11. The fraction of sp³-hybridized carbons (Fsp3) is 0.529. The highest BCUT2D eigenvalue weighted by atomic mass is 32.2. The molecule has 1 aliphatic rings. The fourth-order valence-corrected chi connectivity index (χ4v) is 5.13. The number of urea groups is 1. The molecule has 24 heavy (non-hydrogen) atoms. The smallest absolute Gasteiger partial charge is 0.315 e. The summed E-state index contributed by atoms with van der Waals surface area (Å²) in [5, 5.41) is 15.2. The van der Waals surface area contributed by atoms with Crippen molar-refractivity contribution < 1.29 is 14.7 Å². The van der Waals surface area contributed by atoms with Gasteiger partial charge in [-0.15, -0.1) is 0 Å². The summed E-state index contributed by atoms with van der Waals surface area (Å²) >= 11 is 3.82. The molecule has 1 aromatic rings. The zero-order valence-electron chi connectivity index (χ0n) is 13.6. The second kappa shape index (κ2) is 10.5. The monoisotopic (exact) mass is 368 g/mol. The molecule has 1 saturated heterocycles. The van der Waals surface area contributed by atoms with Crippen LogP contribution in [0.5, 0.6) is 0 Å². The summed E-state index contributed by atoms with van der Waals surface area (Å²) in [6, 6.07) is 9.42. The van der Waals surface area contributed by atoms with Gasteiger partial charge < -0.3 is 15.7 Å². The normalized spacial score (nSPS) is 18.6. The molecule has 0 aliphatic carbocycles. The van der Waals surface area contributed by atoms with Crippen LogP contribution >= 0.6 is 23.5 Å². The summed E-state index contributed by atoms with van der Waals surface area (Å²) in [6.45, 7) is 0.653. The lowest BCUT2D eigenvalue weighted by Gasteiger charge is -2.23. The van der Waals surface area contributed by atoms with Gasteiger partial charge in [0.15, 0.2) is 0 Å². The van der Waals surface area contributed by atoms with Gasteiger partial charge in [-0.25, -0.2) is 4.79 Å². The topological polar surface area (TPSA) is 78.4 Å². The maximum Gasteiger partial charge on any atom is 0.315 e. The van der Waals surface area contributed by atoms with Gasteiger partial charge in [-0.1, -0.05) is 30.3 Å². The standard InChI is InChI=1S/C17H24N2O3S2/c20-16(21)7-6-14(10-13-4-2-1-3-5-13)19-17(22)18-11-15-12-23-8-9-24-15/h1-5,14-15H,6-12H2,(H,20,21)(H2,18,19,22). The Morgan fingerprint density at radius 3 is 2.71 bits per heavy atom. The van der Waals surface area contributed by atoms with E-state index in [2.05, 4.69) is 10.6 Å². The molecule has 2 atom stereocenters. The van der Waals surface area contributed by atoms with Gasteiger partial charge in [-0.05, 0) is 18.4 Å². The number of nitrogens with one attached hydrogen (secondary N) is 2. The number of amides is 2. The van der Waals surface area contributed by atoms with Crippen LogP contribution in [0.4, 0.5) is 4.79 Å². The average molecular weight is 369 g/mol. The van der Waals surface area contributed by atoms with Crippen LogP contribution in [0, 0.1) is 0 Å². The number of thioether (sulfide) groups is 2. The van der Waals surface area contributed by atoms with E-state index in [0.717, 1.165) is 17.1 Å². The summed E-state index contributed by atoms with van der Waals surface area (Å²) in [5.41, 5.74) is 1.09. The molecule has 1 heterocycles. The molecular weight excluding hydrogens is 344 g/mol. The SMILES string of the molecule is O=C(O)CCC(Cc1ccccc1)NC(=O)NCC1CSCCS1. The number of aliphatic carboxylic acids is 1. The van der Waals surface area contributed by atoms with E-state index in [-0.39, 0.29) is 18.5 Å². The molecule has 1 aromatic carbocycles. The first-order valence-corrected chi connectivity index (χ1v) is 10.3. The Balaban J connectivity index is 1.81. The van der Waals surface area contributed by atoms with Crippen molar-refractivity contribution in [2.45, 2.75) is 30.6 Å². The third kappa shape index (κ3) is 7.49. The number of rotatable bonds is 8. The van der Waals surface area contributed by atoms with Crippen molar-refractivity contribution in [1.82, 2.24) is 10.6 Å². The van der Waals surface area contributed by atoms with Gasteiger partial charge in [0, 0.05) is 41.5 Å². The second-order valence-corrected chi connectivity index (χ2v) is 8.30. The average Bonchev–Trinajstić information content (AvgIpc) is 2.60. The lowest BCUT2D eigenvalue weighted by atomic mass is 10.0. The Morgan fingerprint density at radius 2 is 2.04 bits per heavy atom. The molecule has 0 radical (unpaired) electrons. The van der Waals surface area contributed by atoms with Crippen molar-refractivity contribution in [3.8, 4) is 0 Å². The zero-order chi connectivity index (χ0) is 17.2. The molecule has 1 fully saturated rings. The van der Waals surface area contributed by atoms with Crippen LogP contribution in [0.3, 0.4) is 0 Å². The van der Waals surface area contributed by atoms with E-state index >= 15 is 0 Å². The summed E-state index contributed by atoms with van der Waals surface area (Å²) in [5.74, 6) is 2.54. The van der Waals surface area contributed by atoms with Crippen LogP contribution in [0.1, 0.15) is 18.4 Å². The molecule has 3 N–H and O–H groups in total. The minimum absolute atomic E-state index is 0.0485. The Labute approximate surface area is 151 Å². The van der Waals surface area contributed by atoms with Gasteiger partial charge >= 0.3 is 12.0 Å². The number of carbonyl (C=O) groups excluding carboxylic acids is 1. The number of carboxylic acid groups (broad SMARTS) is 1. The Morgan fingerprint density at radius 1 is 1.25 bits per heavy atom. The van der Waals surface area contributed by atoms with E-state index < -0.39 is 5.97 Å². The van der Waals surface area contributed by atoms with Crippen molar-refractivity contribution >= 4 is 35.5 Å². The summed E-state index contributed by atoms with van der Waals surface area (Å²) < 4.78 is 0. The van der Waals surface area contributed by atoms with Crippen LogP contribution in [-0.2, 0) is 11.2 Å². The van der Waals surface area contributed by atoms with Crippen LogP contribution < -0.4 is 10.6 Å². The molecule has 132 valence electrons. The largest absolute Gasteiger partial charge is 0.481 e. The molecule has 5 nitrogen and oxygen atoms in total. The highest BCUT2D eigenvalue weighted by Gasteiger charge is 2.17. The third-order valence-corrected chi connectivity index (χ3v) is 6.59. The van der Waals surface area contributed by atoms with Crippen molar-refractivity contribution in [2.75, 3.05) is 23.8 Å². The van der Waals surface area contributed by atoms with E-state index in [1.807, 2.05) is 53.9 Å². The summed E-state index contributed by atoms with van der Waals surface area (Å²) in [7, 11) is 0. The first-order valence-electron chi connectivity index (χ1n) is 8.13. The van der Waals surface area contributed by atoms with Crippen molar-refractivity contribution in [3.05, 3.63) is 35.9 Å². The lowest BCUT2D eigenvalue weighted by molar-refractivity contribution is -0.137. The molecule has 0 aromatic heterocycles. The van der Waals surface area contributed by atoms with Gasteiger partial charge in [0.25, 0.3) is 0 Å². The molecule has 1 aliphatic heterocycles. The lowest BCUT2D eigenvalue weighted by Crippen LogP contribution is -2.45. The predicted octanol–water partition coefficient (Wildman–Crippen LogP) is 2.61. The third-order valence-electron chi connectivity index (χ3n) is 3.74.